The maximum absolute atomic E-state index is 10.8. The summed E-state index contributed by atoms with van der Waals surface area (Å²) in [5.74, 6) is 0.931. The van der Waals surface area contributed by atoms with E-state index in [0.29, 0.717) is 5.82 Å². The Morgan fingerprint density at radius 1 is 1.12 bits per heavy atom. The number of hydrogen-bond donors (Lipinski definition) is 3. The highest BCUT2D eigenvalue weighted by molar-refractivity contribution is 7.17. The lowest BCUT2D eigenvalue weighted by Gasteiger charge is -2.33. The minimum absolute atomic E-state index is 0.127. The van der Waals surface area contributed by atoms with Gasteiger partial charge in [-0.15, -0.1) is 5.10 Å². The van der Waals surface area contributed by atoms with Crippen molar-refractivity contribution in [2.75, 3.05) is 33.2 Å². The molecule has 0 bridgehead atoms. The van der Waals surface area contributed by atoms with Crippen LogP contribution in [0.3, 0.4) is 0 Å². The molecule has 3 aromatic rings. The van der Waals surface area contributed by atoms with Crippen molar-refractivity contribution in [3.63, 3.8) is 0 Å². The Hall–Kier alpha value is -1.96. The van der Waals surface area contributed by atoms with Gasteiger partial charge in [-0.05, 0) is 13.8 Å². The topological polar surface area (TPSA) is 59.3 Å². The molecular formula is C18H25N5OS+2. The van der Waals surface area contributed by atoms with Crippen LogP contribution in [0.2, 0.25) is 0 Å². The van der Waals surface area contributed by atoms with Gasteiger partial charge in [0.05, 0.1) is 7.05 Å². The lowest BCUT2D eigenvalue weighted by atomic mass is 10.0. The fourth-order valence-corrected chi connectivity index (χ4v) is 4.84. The molecule has 7 heteroatoms. The highest BCUT2D eigenvalue weighted by Gasteiger charge is 2.35. The number of rotatable bonds is 3. The number of benzene rings is 1. The molecule has 1 aliphatic rings. The average Bonchev–Trinajstić information content (AvgIpc) is 3.09. The Kier molecular flexibility index (Phi) is 4.23. The first-order valence-corrected chi connectivity index (χ1v) is 9.62. The molecule has 0 aliphatic carbocycles. The van der Waals surface area contributed by atoms with Crippen LogP contribution >= 0.6 is 11.3 Å². The molecule has 0 amide bonds. The number of nitrogens with one attached hydrogen (secondary N) is 2. The van der Waals surface area contributed by atoms with Gasteiger partial charge in [0, 0.05) is 5.56 Å². The Labute approximate surface area is 151 Å². The third kappa shape index (κ3) is 3.03. The van der Waals surface area contributed by atoms with E-state index < -0.39 is 0 Å². The summed E-state index contributed by atoms with van der Waals surface area (Å²) in [5.41, 5.74) is 2.50. The van der Waals surface area contributed by atoms with Gasteiger partial charge in [0.1, 0.15) is 36.9 Å². The van der Waals surface area contributed by atoms with Gasteiger partial charge in [-0.3, -0.25) is 0 Å². The molecule has 6 nitrogen and oxygen atoms in total. The molecule has 0 spiro atoms. The Bertz CT molecular complexity index is 877. The number of aromatic nitrogens is 3. The minimum atomic E-state index is 0.127. The highest BCUT2D eigenvalue weighted by atomic mass is 32.1. The average molecular weight is 359 g/mol. The summed E-state index contributed by atoms with van der Waals surface area (Å²) >= 11 is 1.56. The molecular weight excluding hydrogens is 334 g/mol. The molecule has 3 N–H and O–H groups in total. The second-order valence-corrected chi connectivity index (χ2v) is 8.11. The van der Waals surface area contributed by atoms with Crippen LogP contribution in [-0.4, -0.2) is 52.9 Å². The predicted octanol–water partition coefficient (Wildman–Crippen LogP) is -0.384. The van der Waals surface area contributed by atoms with Gasteiger partial charge in [-0.1, -0.05) is 41.2 Å². The molecule has 1 atom stereocenters. The van der Waals surface area contributed by atoms with Crippen molar-refractivity contribution in [1.82, 2.24) is 14.6 Å². The van der Waals surface area contributed by atoms with Crippen molar-refractivity contribution >= 4 is 16.3 Å². The van der Waals surface area contributed by atoms with Crippen LogP contribution in [0, 0.1) is 13.8 Å². The van der Waals surface area contributed by atoms with Crippen molar-refractivity contribution < 1.29 is 14.9 Å². The highest BCUT2D eigenvalue weighted by Crippen LogP contribution is 2.35. The number of likely N-dealkylation sites (N-methyl/N-ethyl adjacent to an activating group) is 1. The van der Waals surface area contributed by atoms with Gasteiger partial charge in [0.25, 0.3) is 0 Å². The van der Waals surface area contributed by atoms with E-state index in [-0.39, 0.29) is 11.9 Å². The summed E-state index contributed by atoms with van der Waals surface area (Å²) in [5, 5.41) is 15.2. The van der Waals surface area contributed by atoms with Gasteiger partial charge in [-0.25, -0.2) is 4.98 Å². The van der Waals surface area contributed by atoms with Gasteiger partial charge in [0.2, 0.25) is 10.8 Å². The lowest BCUT2D eigenvalue weighted by Crippen LogP contribution is -3.27. The maximum atomic E-state index is 10.8. The lowest BCUT2D eigenvalue weighted by molar-refractivity contribution is -1.02. The summed E-state index contributed by atoms with van der Waals surface area (Å²) in [4.78, 5) is 9.25. The summed E-state index contributed by atoms with van der Waals surface area (Å²) in [6, 6.07) is 8.82. The van der Waals surface area contributed by atoms with E-state index in [4.69, 9.17) is 0 Å². The quantitative estimate of drug-likeness (QED) is 0.597. The smallest absolute Gasteiger partial charge is 0.235 e. The summed E-state index contributed by atoms with van der Waals surface area (Å²) in [6.45, 7) is 8.45. The van der Waals surface area contributed by atoms with Crippen LogP contribution < -0.4 is 9.80 Å². The fraction of sp³-hybridized carbons (Fsp3) is 0.444. The van der Waals surface area contributed by atoms with Crippen LogP contribution in [0.5, 0.6) is 5.88 Å². The largest absolute Gasteiger partial charge is 0.492 e. The number of thiazole rings is 1. The van der Waals surface area contributed by atoms with E-state index >= 15 is 0 Å². The summed E-state index contributed by atoms with van der Waals surface area (Å²) < 4.78 is 1.58. The van der Waals surface area contributed by atoms with Crippen LogP contribution in [-0.2, 0) is 0 Å². The zero-order valence-electron chi connectivity index (χ0n) is 14.9. The monoisotopic (exact) mass is 359 g/mol. The van der Waals surface area contributed by atoms with Crippen molar-refractivity contribution in [2.45, 2.75) is 19.9 Å². The zero-order chi connectivity index (χ0) is 17.6. The van der Waals surface area contributed by atoms with Crippen molar-refractivity contribution in [2.24, 2.45) is 0 Å². The van der Waals surface area contributed by atoms with Crippen LogP contribution in [0.4, 0.5) is 0 Å². The molecule has 0 radical (unpaired) electrons. The minimum Gasteiger partial charge on any atom is -0.492 e. The molecule has 1 aromatic carbocycles. The molecule has 2 aromatic heterocycles. The standard InChI is InChI=1S/C18H23N5OS/c1-12-4-6-14(7-5-12)15(22-10-8-21(3)9-11-22)16-17(24)23-18(25-16)19-13(2)20-23/h4-7,15,24H,8-11H2,1-3H3/p+2/t15-/m1/s1. The molecule has 25 heavy (non-hydrogen) atoms. The third-order valence-corrected chi connectivity index (χ3v) is 6.22. The number of nitrogens with zero attached hydrogens (tertiary/aromatic N) is 3. The number of piperazine rings is 1. The SMILES string of the molecule is Cc1ccc([C@H](c2sc3nc(C)nn3c2O)[NH+]2CC[NH+](C)CC2)cc1. The van der Waals surface area contributed by atoms with Gasteiger partial charge in [0.15, 0.2) is 6.04 Å². The number of aromatic hydroxyl groups is 1. The molecule has 4 rings (SSSR count). The summed E-state index contributed by atoms with van der Waals surface area (Å²) in [7, 11) is 2.25. The van der Waals surface area contributed by atoms with Crippen LogP contribution in [0.1, 0.15) is 27.9 Å². The predicted molar refractivity (Wildman–Crippen MR) is 97.6 cm³/mol. The molecule has 1 fully saturated rings. The molecule has 0 unspecified atom stereocenters. The van der Waals surface area contributed by atoms with Gasteiger partial charge >= 0.3 is 0 Å². The molecule has 0 saturated carbocycles. The van der Waals surface area contributed by atoms with Crippen molar-refractivity contribution in [3.8, 4) is 5.88 Å². The number of aryl methyl sites for hydroxylation is 2. The van der Waals surface area contributed by atoms with Crippen LogP contribution in [0.25, 0.3) is 4.96 Å². The second-order valence-electron chi connectivity index (χ2n) is 7.10. The molecule has 132 valence electrons. The Morgan fingerprint density at radius 2 is 1.80 bits per heavy atom. The van der Waals surface area contributed by atoms with E-state index in [1.54, 1.807) is 20.8 Å². The molecule has 1 aliphatic heterocycles. The first-order chi connectivity index (χ1) is 12.0. The van der Waals surface area contributed by atoms with E-state index in [9.17, 15) is 5.11 Å². The van der Waals surface area contributed by atoms with E-state index in [1.165, 1.54) is 16.0 Å². The normalized spacial score (nSPS) is 22.4. The van der Waals surface area contributed by atoms with E-state index in [2.05, 4.69) is 48.3 Å². The Morgan fingerprint density at radius 3 is 2.44 bits per heavy atom. The fourth-order valence-electron chi connectivity index (χ4n) is 3.65. The first kappa shape index (κ1) is 16.5. The summed E-state index contributed by atoms with van der Waals surface area (Å²) in [6.07, 6.45) is 0. The first-order valence-electron chi connectivity index (χ1n) is 8.80. The van der Waals surface area contributed by atoms with Gasteiger partial charge in [-0.2, -0.15) is 4.52 Å². The second kappa shape index (κ2) is 6.40. The van der Waals surface area contributed by atoms with Crippen molar-refractivity contribution in [1.29, 1.82) is 0 Å². The number of hydrogen-bond acceptors (Lipinski definition) is 4. The zero-order valence-corrected chi connectivity index (χ0v) is 15.7. The van der Waals surface area contributed by atoms with Crippen molar-refractivity contribution in [3.05, 3.63) is 46.1 Å². The Balaban J connectivity index is 1.79. The third-order valence-electron chi connectivity index (χ3n) is 5.13. The van der Waals surface area contributed by atoms with Gasteiger partial charge < -0.3 is 14.9 Å². The number of quaternary nitrogens is 2. The molecule has 3 heterocycles. The molecule has 1 saturated heterocycles. The van der Waals surface area contributed by atoms with E-state index in [1.807, 2.05) is 6.92 Å². The van der Waals surface area contributed by atoms with Crippen LogP contribution in [0.15, 0.2) is 24.3 Å². The maximum Gasteiger partial charge on any atom is 0.235 e. The van der Waals surface area contributed by atoms with E-state index in [0.717, 1.165) is 36.0 Å². The number of fused-ring (bicyclic) bond motifs is 1.